The number of anilines is 2. The normalized spacial score (nSPS) is 11.0. The highest BCUT2D eigenvalue weighted by Gasteiger charge is 2.32. The van der Waals surface area contributed by atoms with Gasteiger partial charge in [-0.15, -0.1) is 5.10 Å². The van der Waals surface area contributed by atoms with Gasteiger partial charge in [-0.25, -0.2) is 4.98 Å². The van der Waals surface area contributed by atoms with E-state index in [0.29, 0.717) is 16.8 Å². The van der Waals surface area contributed by atoms with Crippen molar-refractivity contribution in [2.45, 2.75) is 20.0 Å². The Morgan fingerprint density at radius 1 is 1.19 bits per heavy atom. The molecule has 0 radical (unpaired) electrons. The molecule has 108 valence electrons. The molecule has 0 spiro atoms. The van der Waals surface area contributed by atoms with Crippen LogP contribution in [0.5, 0.6) is 0 Å². The predicted octanol–water partition coefficient (Wildman–Crippen LogP) is 3.12. The number of nitriles is 1. The Kier molecular flexibility index (Phi) is 3.76. The van der Waals surface area contributed by atoms with Crippen LogP contribution < -0.4 is 5.32 Å². The molecule has 0 amide bonds. The Morgan fingerprint density at radius 3 is 2.43 bits per heavy atom. The van der Waals surface area contributed by atoms with Crippen LogP contribution in [0.15, 0.2) is 18.3 Å². The standard InChI is InChI=1S/C13H10F3N5/c1-7-8(2)20-21-12(10(7)5-17)19-9-3-4-11(18-6-9)13(14,15)16/h3-4,6H,1-2H3,(H,19,21). The van der Waals surface area contributed by atoms with E-state index in [2.05, 4.69) is 20.5 Å². The zero-order valence-electron chi connectivity index (χ0n) is 11.2. The van der Waals surface area contributed by atoms with Crippen molar-refractivity contribution in [1.29, 1.82) is 5.26 Å². The molecule has 2 aromatic rings. The summed E-state index contributed by atoms with van der Waals surface area (Å²) in [6.45, 7) is 3.44. The van der Waals surface area contributed by atoms with Crippen LogP contribution in [0.25, 0.3) is 0 Å². The van der Waals surface area contributed by atoms with Gasteiger partial charge in [0, 0.05) is 0 Å². The molecule has 0 bridgehead atoms. The fourth-order valence-corrected chi connectivity index (χ4v) is 1.61. The first-order valence-electron chi connectivity index (χ1n) is 5.87. The molecule has 2 rings (SSSR count). The van der Waals surface area contributed by atoms with E-state index in [9.17, 15) is 13.2 Å². The average Bonchev–Trinajstić information content (AvgIpc) is 2.43. The highest BCUT2D eigenvalue weighted by atomic mass is 19.4. The number of aromatic nitrogens is 3. The third-order valence-corrected chi connectivity index (χ3v) is 2.88. The second kappa shape index (κ2) is 5.36. The number of hydrogen-bond acceptors (Lipinski definition) is 5. The summed E-state index contributed by atoms with van der Waals surface area (Å²) in [4.78, 5) is 3.32. The van der Waals surface area contributed by atoms with E-state index < -0.39 is 11.9 Å². The summed E-state index contributed by atoms with van der Waals surface area (Å²) in [5.41, 5.74) is 0.872. The fraction of sp³-hybridized carbons (Fsp3) is 0.231. The zero-order chi connectivity index (χ0) is 15.6. The summed E-state index contributed by atoms with van der Waals surface area (Å²) >= 11 is 0. The Hall–Kier alpha value is -2.69. The number of nitrogens with zero attached hydrogens (tertiary/aromatic N) is 4. The smallest absolute Gasteiger partial charge is 0.336 e. The lowest BCUT2D eigenvalue weighted by Gasteiger charge is -2.10. The summed E-state index contributed by atoms with van der Waals surface area (Å²) < 4.78 is 37.2. The van der Waals surface area contributed by atoms with Crippen molar-refractivity contribution in [2.24, 2.45) is 0 Å². The highest BCUT2D eigenvalue weighted by molar-refractivity contribution is 5.63. The van der Waals surface area contributed by atoms with E-state index in [1.807, 2.05) is 6.07 Å². The van der Waals surface area contributed by atoms with Gasteiger partial charge >= 0.3 is 6.18 Å². The second-order valence-electron chi connectivity index (χ2n) is 4.30. The maximum Gasteiger partial charge on any atom is 0.433 e. The summed E-state index contributed by atoms with van der Waals surface area (Å²) in [6, 6.07) is 4.06. The van der Waals surface area contributed by atoms with Crippen molar-refractivity contribution >= 4 is 11.5 Å². The van der Waals surface area contributed by atoms with Crippen molar-refractivity contribution in [3.05, 3.63) is 40.8 Å². The van der Waals surface area contributed by atoms with Gasteiger partial charge in [0.1, 0.15) is 17.3 Å². The van der Waals surface area contributed by atoms with Crippen molar-refractivity contribution in [3.63, 3.8) is 0 Å². The quantitative estimate of drug-likeness (QED) is 0.920. The van der Waals surface area contributed by atoms with Gasteiger partial charge in [-0.05, 0) is 31.5 Å². The monoisotopic (exact) mass is 293 g/mol. The number of hydrogen-bond donors (Lipinski definition) is 1. The molecule has 21 heavy (non-hydrogen) atoms. The van der Waals surface area contributed by atoms with Gasteiger partial charge in [-0.1, -0.05) is 0 Å². The predicted molar refractivity (Wildman–Crippen MR) is 68.7 cm³/mol. The number of rotatable bonds is 2. The molecule has 0 aliphatic heterocycles. The molecular weight excluding hydrogens is 283 g/mol. The van der Waals surface area contributed by atoms with Crippen molar-refractivity contribution in [2.75, 3.05) is 5.32 Å². The van der Waals surface area contributed by atoms with Crippen LogP contribution >= 0.6 is 0 Å². The number of nitrogens with one attached hydrogen (secondary N) is 1. The molecule has 0 unspecified atom stereocenters. The number of alkyl halides is 3. The number of pyridine rings is 1. The van der Waals surface area contributed by atoms with E-state index in [1.165, 1.54) is 6.07 Å². The van der Waals surface area contributed by atoms with Crippen molar-refractivity contribution in [3.8, 4) is 6.07 Å². The van der Waals surface area contributed by atoms with Crippen LogP contribution in [0.4, 0.5) is 24.7 Å². The van der Waals surface area contributed by atoms with E-state index in [0.717, 1.165) is 12.3 Å². The largest absolute Gasteiger partial charge is 0.433 e. The van der Waals surface area contributed by atoms with Crippen LogP contribution in [-0.2, 0) is 6.18 Å². The Balaban J connectivity index is 2.31. The van der Waals surface area contributed by atoms with Gasteiger partial charge in [0.05, 0.1) is 17.6 Å². The lowest BCUT2D eigenvalue weighted by atomic mass is 10.1. The third kappa shape index (κ3) is 3.08. The van der Waals surface area contributed by atoms with Crippen LogP contribution in [0.1, 0.15) is 22.5 Å². The minimum atomic E-state index is -4.49. The van der Waals surface area contributed by atoms with E-state index in [-0.39, 0.29) is 11.5 Å². The maximum atomic E-state index is 12.4. The third-order valence-electron chi connectivity index (χ3n) is 2.88. The summed E-state index contributed by atoms with van der Waals surface area (Å²) in [5.74, 6) is 0.183. The summed E-state index contributed by atoms with van der Waals surface area (Å²) in [6.07, 6.45) is -3.46. The molecule has 0 saturated carbocycles. The van der Waals surface area contributed by atoms with Gasteiger partial charge in [0.15, 0.2) is 5.82 Å². The van der Waals surface area contributed by atoms with Crippen LogP contribution in [0.3, 0.4) is 0 Å². The molecule has 0 aliphatic rings. The van der Waals surface area contributed by atoms with Crippen molar-refractivity contribution < 1.29 is 13.2 Å². The molecule has 5 nitrogen and oxygen atoms in total. The SMILES string of the molecule is Cc1nnc(Nc2ccc(C(F)(F)F)nc2)c(C#N)c1C. The van der Waals surface area contributed by atoms with E-state index in [1.54, 1.807) is 13.8 Å². The first-order chi connectivity index (χ1) is 9.82. The van der Waals surface area contributed by atoms with E-state index >= 15 is 0 Å². The average molecular weight is 293 g/mol. The van der Waals surface area contributed by atoms with Gasteiger partial charge in [0.25, 0.3) is 0 Å². The second-order valence-corrected chi connectivity index (χ2v) is 4.30. The number of aryl methyl sites for hydroxylation is 1. The molecular formula is C13H10F3N5. The molecule has 0 saturated heterocycles. The van der Waals surface area contributed by atoms with Gasteiger partial charge in [-0.3, -0.25) is 0 Å². The fourth-order valence-electron chi connectivity index (χ4n) is 1.61. The maximum absolute atomic E-state index is 12.4. The summed E-state index contributed by atoms with van der Waals surface area (Å²) in [7, 11) is 0. The topological polar surface area (TPSA) is 74.5 Å². The molecule has 0 fully saturated rings. The van der Waals surface area contributed by atoms with E-state index in [4.69, 9.17) is 5.26 Å². The van der Waals surface area contributed by atoms with Gasteiger partial charge in [-0.2, -0.15) is 23.5 Å². The molecule has 2 aromatic heterocycles. The molecule has 8 heteroatoms. The van der Waals surface area contributed by atoms with Crippen LogP contribution in [0, 0.1) is 25.2 Å². The first kappa shape index (κ1) is 14.7. The highest BCUT2D eigenvalue weighted by Crippen LogP contribution is 2.28. The minimum Gasteiger partial charge on any atom is -0.336 e. The lowest BCUT2D eigenvalue weighted by molar-refractivity contribution is -0.141. The molecule has 0 aliphatic carbocycles. The van der Waals surface area contributed by atoms with Gasteiger partial charge < -0.3 is 5.32 Å². The summed E-state index contributed by atoms with van der Waals surface area (Å²) in [5, 5.41) is 19.6. The first-order valence-corrected chi connectivity index (χ1v) is 5.87. The molecule has 0 aromatic carbocycles. The molecule has 1 N–H and O–H groups in total. The Labute approximate surface area is 118 Å². The molecule has 0 atom stereocenters. The lowest BCUT2D eigenvalue weighted by Crippen LogP contribution is -2.08. The minimum absolute atomic E-state index is 0.183. The Bertz CT molecular complexity index is 701. The number of halogens is 3. The van der Waals surface area contributed by atoms with Crippen LogP contribution in [-0.4, -0.2) is 15.2 Å². The zero-order valence-corrected chi connectivity index (χ0v) is 11.2. The Morgan fingerprint density at radius 2 is 1.90 bits per heavy atom. The molecule has 2 heterocycles. The van der Waals surface area contributed by atoms with Crippen LogP contribution in [0.2, 0.25) is 0 Å². The van der Waals surface area contributed by atoms with Gasteiger partial charge in [0.2, 0.25) is 0 Å². The van der Waals surface area contributed by atoms with Crippen molar-refractivity contribution in [1.82, 2.24) is 15.2 Å².